The summed E-state index contributed by atoms with van der Waals surface area (Å²) in [5.74, 6) is 0.463. The van der Waals surface area contributed by atoms with Gasteiger partial charge in [0.05, 0.1) is 7.11 Å². The first kappa shape index (κ1) is 21.5. The number of carbonyl (C=O) groups is 2. The third-order valence-corrected chi connectivity index (χ3v) is 4.15. The van der Waals surface area contributed by atoms with Gasteiger partial charge >= 0.3 is 0 Å². The predicted molar refractivity (Wildman–Crippen MR) is 110 cm³/mol. The van der Waals surface area contributed by atoms with E-state index in [1.54, 1.807) is 37.4 Å². The van der Waals surface area contributed by atoms with E-state index in [-0.39, 0.29) is 24.0 Å². The summed E-state index contributed by atoms with van der Waals surface area (Å²) >= 11 is 11.0. The Morgan fingerprint density at radius 1 is 1.00 bits per heavy atom. The van der Waals surface area contributed by atoms with Gasteiger partial charge < -0.3 is 14.8 Å². The van der Waals surface area contributed by atoms with E-state index in [9.17, 15) is 9.59 Å². The molecule has 2 aromatic rings. The van der Waals surface area contributed by atoms with Gasteiger partial charge in [-0.3, -0.25) is 20.4 Å². The Labute approximate surface area is 173 Å². The summed E-state index contributed by atoms with van der Waals surface area (Å²) in [5, 5.41) is 3.08. The molecule has 0 saturated heterocycles. The number of rotatable bonds is 7. The summed E-state index contributed by atoms with van der Waals surface area (Å²) in [6.07, 6.45) is 0.691. The van der Waals surface area contributed by atoms with E-state index in [0.29, 0.717) is 22.9 Å². The van der Waals surface area contributed by atoms with Gasteiger partial charge in [-0.2, -0.15) is 0 Å². The topological polar surface area (TPSA) is 88.7 Å². The molecule has 0 aromatic heterocycles. The van der Waals surface area contributed by atoms with Crippen LogP contribution < -0.4 is 25.6 Å². The molecule has 2 amide bonds. The molecule has 0 fully saturated rings. The fraction of sp³-hybridized carbons (Fsp3) is 0.211. The first-order chi connectivity index (χ1) is 13.5. The minimum atomic E-state index is -0.455. The van der Waals surface area contributed by atoms with Gasteiger partial charge in [0, 0.05) is 11.4 Å². The molecule has 7 nitrogen and oxygen atoms in total. The maximum atomic E-state index is 11.9. The fourth-order valence-electron chi connectivity index (χ4n) is 2.15. The Hall–Kier alpha value is -2.84. The largest absolute Gasteiger partial charge is 0.497 e. The van der Waals surface area contributed by atoms with Crippen molar-refractivity contribution in [2.24, 2.45) is 0 Å². The Kier molecular flexibility index (Phi) is 8.51. The summed E-state index contributed by atoms with van der Waals surface area (Å²) in [6.45, 7) is -0.220. The molecule has 3 N–H and O–H groups in total. The zero-order valence-corrected chi connectivity index (χ0v) is 16.7. The normalized spacial score (nSPS) is 9.93. The Bertz CT molecular complexity index is 830. The SMILES string of the molecule is COc1ccc(OCC(=O)NNC(=S)NC(=O)CCc2ccccc2Cl)cc1. The number of amides is 2. The molecular weight excluding hydrogens is 402 g/mol. The Morgan fingerprint density at radius 3 is 2.36 bits per heavy atom. The maximum Gasteiger partial charge on any atom is 0.276 e. The van der Waals surface area contributed by atoms with E-state index in [0.717, 1.165) is 5.56 Å². The van der Waals surface area contributed by atoms with Crippen LogP contribution in [0.5, 0.6) is 11.5 Å². The predicted octanol–water partition coefficient (Wildman–Crippen LogP) is 2.38. The highest BCUT2D eigenvalue weighted by atomic mass is 35.5. The number of ether oxygens (including phenoxy) is 2. The summed E-state index contributed by atoms with van der Waals surface area (Å²) < 4.78 is 10.4. The highest BCUT2D eigenvalue weighted by molar-refractivity contribution is 7.80. The molecule has 148 valence electrons. The standard InChI is InChI=1S/C19H20ClN3O4S/c1-26-14-7-9-15(10-8-14)27-12-18(25)22-23-19(28)21-17(24)11-6-13-4-2-3-5-16(13)20/h2-5,7-10H,6,11-12H2,1H3,(H,22,25)(H2,21,23,24,28). The molecule has 0 aliphatic heterocycles. The number of thiocarbonyl (C=S) groups is 1. The van der Waals surface area contributed by atoms with Crippen molar-refractivity contribution in [3.63, 3.8) is 0 Å². The number of halogens is 1. The van der Waals surface area contributed by atoms with Crippen LogP contribution in [-0.4, -0.2) is 30.6 Å². The second-order valence-corrected chi connectivity index (χ2v) is 6.42. The van der Waals surface area contributed by atoms with Crippen LogP contribution in [0, 0.1) is 0 Å². The number of nitrogens with one attached hydrogen (secondary N) is 3. The first-order valence-electron chi connectivity index (χ1n) is 8.37. The molecule has 0 atom stereocenters. The lowest BCUT2D eigenvalue weighted by atomic mass is 10.1. The lowest BCUT2D eigenvalue weighted by Crippen LogP contribution is -2.49. The lowest BCUT2D eigenvalue weighted by Gasteiger charge is -2.11. The third kappa shape index (κ3) is 7.42. The molecule has 2 aromatic carbocycles. The number of aryl methyl sites for hydroxylation is 1. The summed E-state index contributed by atoms with van der Waals surface area (Å²) in [7, 11) is 1.56. The molecule has 2 rings (SSSR count). The van der Waals surface area contributed by atoms with Crippen molar-refractivity contribution >= 4 is 40.7 Å². The summed E-state index contributed by atoms with van der Waals surface area (Å²) in [6, 6.07) is 14.1. The molecule has 28 heavy (non-hydrogen) atoms. The first-order valence-corrected chi connectivity index (χ1v) is 9.15. The number of hydrazine groups is 1. The van der Waals surface area contributed by atoms with E-state index in [1.165, 1.54) is 0 Å². The van der Waals surface area contributed by atoms with Crippen molar-refractivity contribution in [2.45, 2.75) is 12.8 Å². The van der Waals surface area contributed by atoms with Gasteiger partial charge in [0.15, 0.2) is 11.7 Å². The van der Waals surface area contributed by atoms with Gasteiger partial charge in [0.1, 0.15) is 11.5 Å². The molecule has 0 aliphatic carbocycles. The van der Waals surface area contributed by atoms with E-state index < -0.39 is 5.91 Å². The van der Waals surface area contributed by atoms with Crippen molar-refractivity contribution in [1.82, 2.24) is 16.2 Å². The van der Waals surface area contributed by atoms with Crippen LogP contribution in [0.25, 0.3) is 0 Å². The molecule has 0 spiro atoms. The van der Waals surface area contributed by atoms with Crippen LogP contribution in [0.2, 0.25) is 5.02 Å². The van der Waals surface area contributed by atoms with Crippen LogP contribution in [0.1, 0.15) is 12.0 Å². The van der Waals surface area contributed by atoms with E-state index in [1.807, 2.05) is 18.2 Å². The van der Waals surface area contributed by atoms with Crippen molar-refractivity contribution < 1.29 is 19.1 Å². The van der Waals surface area contributed by atoms with Crippen molar-refractivity contribution in [1.29, 1.82) is 0 Å². The van der Waals surface area contributed by atoms with E-state index in [4.69, 9.17) is 33.3 Å². The van der Waals surface area contributed by atoms with Gasteiger partial charge in [-0.15, -0.1) is 0 Å². The number of benzene rings is 2. The monoisotopic (exact) mass is 421 g/mol. The molecule has 0 radical (unpaired) electrons. The quantitative estimate of drug-likeness (QED) is 0.470. The Morgan fingerprint density at radius 2 is 1.68 bits per heavy atom. The van der Waals surface area contributed by atoms with Gasteiger partial charge in [-0.1, -0.05) is 29.8 Å². The minimum absolute atomic E-state index is 0.0121. The average molecular weight is 422 g/mol. The minimum Gasteiger partial charge on any atom is -0.497 e. The van der Waals surface area contributed by atoms with E-state index >= 15 is 0 Å². The van der Waals surface area contributed by atoms with Crippen LogP contribution >= 0.6 is 23.8 Å². The lowest BCUT2D eigenvalue weighted by molar-refractivity contribution is -0.124. The van der Waals surface area contributed by atoms with Gasteiger partial charge in [0.2, 0.25) is 5.91 Å². The molecule has 0 saturated carbocycles. The molecule has 0 unspecified atom stereocenters. The second-order valence-electron chi connectivity index (χ2n) is 5.61. The number of hydrogen-bond donors (Lipinski definition) is 3. The highest BCUT2D eigenvalue weighted by Crippen LogP contribution is 2.17. The van der Waals surface area contributed by atoms with Gasteiger partial charge in [-0.05, 0) is 54.5 Å². The van der Waals surface area contributed by atoms with Crippen molar-refractivity contribution in [3.05, 3.63) is 59.1 Å². The molecule has 0 aliphatic rings. The van der Waals surface area contributed by atoms with Crippen LogP contribution in [0.15, 0.2) is 48.5 Å². The molecule has 0 bridgehead atoms. The Balaban J connectivity index is 1.64. The number of carbonyl (C=O) groups excluding carboxylic acids is 2. The molecule has 9 heteroatoms. The van der Waals surface area contributed by atoms with Crippen LogP contribution in [-0.2, 0) is 16.0 Å². The summed E-state index contributed by atoms with van der Waals surface area (Å²) in [5.41, 5.74) is 5.68. The van der Waals surface area contributed by atoms with Gasteiger partial charge in [-0.25, -0.2) is 0 Å². The molecular formula is C19H20ClN3O4S. The zero-order valence-electron chi connectivity index (χ0n) is 15.2. The van der Waals surface area contributed by atoms with Crippen molar-refractivity contribution in [2.75, 3.05) is 13.7 Å². The highest BCUT2D eigenvalue weighted by Gasteiger charge is 2.08. The third-order valence-electron chi connectivity index (χ3n) is 3.58. The fourth-order valence-corrected chi connectivity index (χ4v) is 2.55. The average Bonchev–Trinajstić information content (AvgIpc) is 2.70. The smallest absolute Gasteiger partial charge is 0.276 e. The zero-order chi connectivity index (χ0) is 20.4. The number of methoxy groups -OCH3 is 1. The maximum absolute atomic E-state index is 11.9. The van der Waals surface area contributed by atoms with E-state index in [2.05, 4.69) is 16.2 Å². The van der Waals surface area contributed by atoms with Crippen LogP contribution in [0.4, 0.5) is 0 Å². The van der Waals surface area contributed by atoms with Gasteiger partial charge in [0.25, 0.3) is 5.91 Å². The summed E-state index contributed by atoms with van der Waals surface area (Å²) in [4.78, 5) is 23.7. The number of hydrogen-bond acceptors (Lipinski definition) is 5. The molecule has 0 heterocycles. The van der Waals surface area contributed by atoms with Crippen molar-refractivity contribution in [3.8, 4) is 11.5 Å². The second kappa shape index (κ2) is 11.1. The van der Waals surface area contributed by atoms with Crippen LogP contribution in [0.3, 0.4) is 0 Å².